The fourth-order valence-corrected chi connectivity index (χ4v) is 4.79. The van der Waals surface area contributed by atoms with Crippen LogP contribution in [-0.2, 0) is 20.7 Å². The fraction of sp³-hybridized carbons (Fsp3) is 0.778. The number of hydrogen-bond donors (Lipinski definition) is 1. The predicted octanol–water partition coefficient (Wildman–Crippen LogP) is 10.2. The molecular weight excluding hydrogens is 526 g/mol. The summed E-state index contributed by atoms with van der Waals surface area (Å²) in [6.45, 7) is 9.27. The average Bonchev–Trinajstić information content (AvgIpc) is 2.99. The number of esters is 1. The van der Waals surface area contributed by atoms with E-state index in [1.807, 2.05) is 24.3 Å². The van der Waals surface area contributed by atoms with Crippen LogP contribution in [0.15, 0.2) is 24.3 Å². The second kappa shape index (κ2) is 32.0. The quantitative estimate of drug-likeness (QED) is 0.0452. The number of unbranched alkanes of at least 4 members (excludes halogenated alkanes) is 16. The number of rotatable bonds is 28. The topological polar surface area (TPSA) is 76.1 Å². The Bertz CT molecular complexity index is 709. The van der Waals surface area contributed by atoms with Gasteiger partial charge in [-0.25, -0.2) is 0 Å². The fourth-order valence-electron chi connectivity index (χ4n) is 4.79. The van der Waals surface area contributed by atoms with E-state index >= 15 is 0 Å². The Labute approximate surface area is 258 Å². The van der Waals surface area contributed by atoms with Crippen molar-refractivity contribution in [2.45, 2.75) is 162 Å². The second-order valence-electron chi connectivity index (χ2n) is 11.5. The van der Waals surface area contributed by atoms with E-state index in [-0.39, 0.29) is 5.97 Å². The van der Waals surface area contributed by atoms with Gasteiger partial charge in [0.2, 0.25) is 0 Å². The maximum Gasteiger partial charge on any atom is 0.305 e. The maximum absolute atomic E-state index is 11.7. The molecule has 0 radical (unpaired) electrons. The minimum atomic E-state index is -0.0333. The molecule has 0 atom stereocenters. The first-order chi connectivity index (χ1) is 20.6. The summed E-state index contributed by atoms with van der Waals surface area (Å²) in [6, 6.07) is 7.67. The number of aryl methyl sites for hydroxylation is 1. The van der Waals surface area contributed by atoms with E-state index in [1.54, 1.807) is 0 Å². The Balaban J connectivity index is 0.000000996. The maximum atomic E-state index is 11.7. The Hall–Kier alpha value is -1.92. The highest BCUT2D eigenvalue weighted by molar-refractivity contribution is 5.69. The van der Waals surface area contributed by atoms with Gasteiger partial charge in [-0.15, -0.1) is 0 Å². The van der Waals surface area contributed by atoms with Crippen molar-refractivity contribution in [3.63, 3.8) is 0 Å². The third kappa shape index (κ3) is 28.2. The lowest BCUT2D eigenvalue weighted by molar-refractivity contribution is -0.143. The molecule has 244 valence electrons. The van der Waals surface area contributed by atoms with Gasteiger partial charge in [0.15, 0.2) is 0 Å². The van der Waals surface area contributed by atoms with Gasteiger partial charge in [0.05, 0.1) is 6.61 Å². The van der Waals surface area contributed by atoms with Crippen molar-refractivity contribution in [2.75, 3.05) is 19.7 Å². The zero-order valence-electron chi connectivity index (χ0n) is 27.6. The minimum absolute atomic E-state index is 0.0333. The highest BCUT2D eigenvalue weighted by Gasteiger charge is 2.04. The molecular formula is C36H65NO5. The standard InChI is InChI=1S/C24H49NO3.C12H16O2/c1-3-5-7-9-13-17-21-25(27)22-18-14-11-12-16-20-24(26)28-23-19-15-10-8-6-4-2;1-2-3-4-5-11-6-8-12(9-7-11)14-10-13/h27H,3-23H2,1-2H3;6-10H,2-5H2,1H3. The predicted molar refractivity (Wildman–Crippen MR) is 175 cm³/mol. The molecule has 0 saturated carbocycles. The molecule has 0 aromatic heterocycles. The van der Waals surface area contributed by atoms with E-state index in [0.717, 1.165) is 64.5 Å². The molecule has 0 saturated heterocycles. The van der Waals surface area contributed by atoms with Gasteiger partial charge in [-0.05, 0) is 56.2 Å². The van der Waals surface area contributed by atoms with Gasteiger partial charge in [-0.1, -0.05) is 129 Å². The Morgan fingerprint density at radius 3 is 1.69 bits per heavy atom. The first-order valence-electron chi connectivity index (χ1n) is 17.4. The van der Waals surface area contributed by atoms with Crippen LogP contribution in [-0.4, -0.2) is 42.4 Å². The number of nitrogens with zero attached hydrogens (tertiary/aromatic N) is 1. The second-order valence-corrected chi connectivity index (χ2v) is 11.5. The van der Waals surface area contributed by atoms with Gasteiger partial charge >= 0.3 is 5.97 Å². The summed E-state index contributed by atoms with van der Waals surface area (Å²) >= 11 is 0. The van der Waals surface area contributed by atoms with Crippen LogP contribution < -0.4 is 4.74 Å². The highest BCUT2D eigenvalue weighted by atomic mass is 16.5. The summed E-state index contributed by atoms with van der Waals surface area (Å²) in [5.41, 5.74) is 1.30. The van der Waals surface area contributed by atoms with E-state index in [2.05, 4.69) is 20.8 Å². The van der Waals surface area contributed by atoms with Crippen LogP contribution in [0.5, 0.6) is 5.75 Å². The molecule has 0 fully saturated rings. The van der Waals surface area contributed by atoms with Crippen LogP contribution in [0.4, 0.5) is 0 Å². The van der Waals surface area contributed by atoms with Crippen LogP contribution in [0.1, 0.15) is 161 Å². The van der Waals surface area contributed by atoms with Crippen molar-refractivity contribution < 1.29 is 24.3 Å². The third-order valence-electron chi connectivity index (χ3n) is 7.50. The summed E-state index contributed by atoms with van der Waals surface area (Å²) in [5, 5.41) is 11.3. The zero-order valence-corrected chi connectivity index (χ0v) is 27.6. The molecule has 0 aliphatic carbocycles. The van der Waals surface area contributed by atoms with Gasteiger partial charge in [-0.2, -0.15) is 5.06 Å². The summed E-state index contributed by atoms with van der Waals surface area (Å²) in [5.74, 6) is 0.577. The van der Waals surface area contributed by atoms with Crippen LogP contribution in [0.2, 0.25) is 0 Å². The lowest BCUT2D eigenvalue weighted by atomic mass is 10.1. The van der Waals surface area contributed by atoms with Crippen LogP contribution >= 0.6 is 0 Å². The van der Waals surface area contributed by atoms with Gasteiger partial charge in [-0.3, -0.25) is 9.59 Å². The molecule has 0 spiro atoms. The van der Waals surface area contributed by atoms with E-state index in [4.69, 9.17) is 9.47 Å². The van der Waals surface area contributed by atoms with Gasteiger partial charge < -0.3 is 14.7 Å². The molecule has 0 aliphatic rings. The van der Waals surface area contributed by atoms with E-state index < -0.39 is 0 Å². The Morgan fingerprint density at radius 1 is 0.667 bits per heavy atom. The van der Waals surface area contributed by atoms with Crippen LogP contribution in [0.3, 0.4) is 0 Å². The van der Waals surface area contributed by atoms with Crippen molar-refractivity contribution >= 4 is 12.4 Å². The number of hydroxylamine groups is 2. The first kappa shape index (κ1) is 40.1. The van der Waals surface area contributed by atoms with Crippen molar-refractivity contribution in [3.05, 3.63) is 29.8 Å². The molecule has 0 heterocycles. The number of ether oxygens (including phenoxy) is 2. The average molecular weight is 592 g/mol. The summed E-state index contributed by atoms with van der Waals surface area (Å²) in [6.07, 6.45) is 25.6. The number of carbonyl (C=O) groups is 2. The molecule has 1 aromatic rings. The molecule has 0 amide bonds. The molecule has 0 unspecified atom stereocenters. The molecule has 6 heteroatoms. The smallest absolute Gasteiger partial charge is 0.305 e. The molecule has 0 bridgehead atoms. The first-order valence-corrected chi connectivity index (χ1v) is 17.4. The zero-order chi connectivity index (χ0) is 30.9. The van der Waals surface area contributed by atoms with Crippen LogP contribution in [0.25, 0.3) is 0 Å². The SMILES string of the molecule is CCCCCCCCOC(=O)CCCCCCCN(O)CCCCCCCC.CCCCCc1ccc(OC=O)cc1. The number of carbonyl (C=O) groups excluding carboxylic acids is 2. The molecule has 1 aromatic carbocycles. The van der Waals surface area contributed by atoms with Crippen molar-refractivity contribution in [2.24, 2.45) is 0 Å². The highest BCUT2D eigenvalue weighted by Crippen LogP contribution is 2.14. The van der Waals surface area contributed by atoms with E-state index in [1.165, 1.54) is 94.1 Å². The third-order valence-corrected chi connectivity index (χ3v) is 7.50. The van der Waals surface area contributed by atoms with Gasteiger partial charge in [0.25, 0.3) is 6.47 Å². The summed E-state index contributed by atoms with van der Waals surface area (Å²) in [7, 11) is 0. The molecule has 1 rings (SSSR count). The molecule has 6 nitrogen and oxygen atoms in total. The number of benzene rings is 1. The van der Waals surface area contributed by atoms with E-state index in [0.29, 0.717) is 25.2 Å². The molecule has 0 aliphatic heterocycles. The summed E-state index contributed by atoms with van der Waals surface area (Å²) in [4.78, 5) is 21.7. The van der Waals surface area contributed by atoms with Gasteiger partial charge in [0, 0.05) is 19.5 Å². The Kier molecular flexibility index (Phi) is 30.5. The van der Waals surface area contributed by atoms with E-state index in [9.17, 15) is 14.8 Å². The largest absolute Gasteiger partial charge is 0.466 e. The normalized spacial score (nSPS) is 10.8. The van der Waals surface area contributed by atoms with Gasteiger partial charge in [0.1, 0.15) is 5.75 Å². The van der Waals surface area contributed by atoms with Crippen molar-refractivity contribution in [3.8, 4) is 5.75 Å². The molecule has 42 heavy (non-hydrogen) atoms. The van der Waals surface area contributed by atoms with Crippen molar-refractivity contribution in [1.82, 2.24) is 5.06 Å². The molecule has 1 N–H and O–H groups in total. The number of hydrogen-bond acceptors (Lipinski definition) is 6. The van der Waals surface area contributed by atoms with Crippen molar-refractivity contribution in [1.29, 1.82) is 0 Å². The lowest BCUT2D eigenvalue weighted by Crippen LogP contribution is -2.21. The monoisotopic (exact) mass is 591 g/mol. The Morgan fingerprint density at radius 2 is 1.14 bits per heavy atom. The minimum Gasteiger partial charge on any atom is -0.466 e. The summed E-state index contributed by atoms with van der Waals surface area (Å²) < 4.78 is 10.0. The lowest BCUT2D eigenvalue weighted by Gasteiger charge is -2.14. The van der Waals surface area contributed by atoms with Crippen LogP contribution in [0, 0.1) is 0 Å².